The number of carbonyl (C=O) groups is 2. The lowest BCUT2D eigenvalue weighted by molar-refractivity contribution is -0.122. The van der Waals surface area contributed by atoms with E-state index in [1.54, 1.807) is 4.90 Å². The van der Waals surface area contributed by atoms with Crippen LogP contribution in [0.5, 0.6) is 0 Å². The molecule has 2 aliphatic rings. The van der Waals surface area contributed by atoms with Crippen molar-refractivity contribution in [2.45, 2.75) is 71.9 Å². The van der Waals surface area contributed by atoms with E-state index in [0.29, 0.717) is 25.2 Å². The van der Waals surface area contributed by atoms with Crippen molar-refractivity contribution in [3.8, 4) is 0 Å². The summed E-state index contributed by atoms with van der Waals surface area (Å²) in [5, 5.41) is 0. The number of rotatable bonds is 1. The first-order valence-electron chi connectivity index (χ1n) is 8.44. The number of amides is 1. The van der Waals surface area contributed by atoms with Crippen LogP contribution in [-0.2, 0) is 9.53 Å². The molecule has 2 rings (SSSR count). The molecule has 0 N–H and O–H groups in total. The molecule has 0 aromatic heterocycles. The minimum absolute atomic E-state index is 0.0163. The number of hydrogen-bond acceptors (Lipinski definition) is 4. The van der Waals surface area contributed by atoms with Gasteiger partial charge in [0.15, 0.2) is 0 Å². The summed E-state index contributed by atoms with van der Waals surface area (Å²) in [7, 11) is 0. The molecular weight excluding hydrogens is 280 g/mol. The van der Waals surface area contributed by atoms with Crippen LogP contribution in [0, 0.1) is 0 Å². The standard InChI is InChI=1S/C15H26N2O3.C2H6/c1-14(2,3)20-13(19)16-10-7-15(4,11-16)17-8-5-12(18)6-9-17;1-2/h5-11H2,1-4H3;1-2H3. The molecule has 0 aromatic rings. The Labute approximate surface area is 135 Å². The first-order valence-corrected chi connectivity index (χ1v) is 8.44. The topological polar surface area (TPSA) is 49.9 Å². The van der Waals surface area contributed by atoms with Crippen LogP contribution in [0.1, 0.15) is 60.8 Å². The first-order chi connectivity index (χ1) is 10.2. The Hall–Kier alpha value is -1.10. The molecule has 0 saturated carbocycles. The summed E-state index contributed by atoms with van der Waals surface area (Å²) in [6, 6.07) is 0. The largest absolute Gasteiger partial charge is 0.444 e. The maximum Gasteiger partial charge on any atom is 0.410 e. The van der Waals surface area contributed by atoms with Crippen LogP contribution in [0.15, 0.2) is 0 Å². The highest BCUT2D eigenvalue weighted by molar-refractivity contribution is 5.79. The van der Waals surface area contributed by atoms with Crippen molar-refractivity contribution in [2.24, 2.45) is 0 Å². The van der Waals surface area contributed by atoms with Crippen LogP contribution in [-0.4, -0.2) is 59.0 Å². The Morgan fingerprint density at radius 1 is 1.14 bits per heavy atom. The van der Waals surface area contributed by atoms with E-state index >= 15 is 0 Å². The third-order valence-electron chi connectivity index (χ3n) is 4.19. The van der Waals surface area contributed by atoms with Crippen molar-refractivity contribution < 1.29 is 14.3 Å². The van der Waals surface area contributed by atoms with Gasteiger partial charge in [-0.15, -0.1) is 0 Å². The lowest BCUT2D eigenvalue weighted by Gasteiger charge is -2.40. The Morgan fingerprint density at radius 2 is 1.68 bits per heavy atom. The number of carbonyl (C=O) groups excluding carboxylic acids is 2. The van der Waals surface area contributed by atoms with Gasteiger partial charge in [-0.25, -0.2) is 4.79 Å². The molecule has 0 spiro atoms. The SMILES string of the molecule is CC.CC(C)(C)OC(=O)N1CCC(C)(N2CCC(=O)CC2)C1. The minimum Gasteiger partial charge on any atom is -0.444 e. The number of ketones is 1. The Bertz CT molecular complexity index is 393. The predicted molar refractivity (Wildman–Crippen MR) is 88.0 cm³/mol. The molecule has 0 radical (unpaired) electrons. The van der Waals surface area contributed by atoms with Gasteiger partial charge in [0, 0.05) is 44.6 Å². The molecule has 128 valence electrons. The molecule has 2 aliphatic heterocycles. The number of Topliss-reactive ketones (excluding diaryl/α,β-unsaturated/α-hetero) is 1. The fraction of sp³-hybridized carbons (Fsp3) is 0.882. The molecule has 5 heteroatoms. The quantitative estimate of drug-likeness (QED) is 0.746. The molecule has 1 amide bonds. The third-order valence-corrected chi connectivity index (χ3v) is 4.19. The fourth-order valence-electron chi connectivity index (χ4n) is 2.98. The van der Waals surface area contributed by atoms with Crippen LogP contribution in [0.25, 0.3) is 0 Å². The first kappa shape index (κ1) is 18.9. The molecule has 5 nitrogen and oxygen atoms in total. The molecule has 0 aliphatic carbocycles. The molecule has 22 heavy (non-hydrogen) atoms. The summed E-state index contributed by atoms with van der Waals surface area (Å²) in [4.78, 5) is 27.6. The maximum atomic E-state index is 12.1. The number of nitrogens with zero attached hydrogens (tertiary/aromatic N) is 2. The molecule has 0 aromatic carbocycles. The van der Waals surface area contributed by atoms with Gasteiger partial charge < -0.3 is 9.64 Å². The van der Waals surface area contributed by atoms with E-state index < -0.39 is 5.60 Å². The average molecular weight is 312 g/mol. The summed E-state index contributed by atoms with van der Waals surface area (Å²) >= 11 is 0. The van der Waals surface area contributed by atoms with E-state index in [0.717, 1.165) is 26.1 Å². The van der Waals surface area contributed by atoms with Crippen molar-refractivity contribution in [2.75, 3.05) is 26.2 Å². The molecule has 2 saturated heterocycles. The summed E-state index contributed by atoms with van der Waals surface area (Å²) in [6.45, 7) is 14.9. The van der Waals surface area contributed by atoms with E-state index in [-0.39, 0.29) is 11.6 Å². The van der Waals surface area contributed by atoms with Crippen molar-refractivity contribution in [1.29, 1.82) is 0 Å². The Morgan fingerprint density at radius 3 is 2.18 bits per heavy atom. The molecule has 2 fully saturated rings. The van der Waals surface area contributed by atoms with Crippen LogP contribution in [0.3, 0.4) is 0 Å². The maximum absolute atomic E-state index is 12.1. The lowest BCUT2D eigenvalue weighted by Crippen LogP contribution is -2.52. The number of likely N-dealkylation sites (tertiary alicyclic amines) is 2. The second kappa shape index (κ2) is 7.44. The van der Waals surface area contributed by atoms with Gasteiger partial charge >= 0.3 is 6.09 Å². The number of hydrogen-bond donors (Lipinski definition) is 0. The summed E-state index contributed by atoms with van der Waals surface area (Å²) in [6.07, 6.45) is 2.00. The second-order valence-electron chi connectivity index (χ2n) is 7.17. The molecular formula is C17H32N2O3. The fourth-order valence-corrected chi connectivity index (χ4v) is 2.98. The third kappa shape index (κ3) is 4.97. The van der Waals surface area contributed by atoms with Gasteiger partial charge in [0.25, 0.3) is 0 Å². The van der Waals surface area contributed by atoms with Gasteiger partial charge in [-0.2, -0.15) is 0 Å². The average Bonchev–Trinajstić information content (AvgIpc) is 2.84. The molecule has 0 bridgehead atoms. The highest BCUT2D eigenvalue weighted by atomic mass is 16.6. The van der Waals surface area contributed by atoms with E-state index in [4.69, 9.17) is 4.74 Å². The summed E-state index contributed by atoms with van der Waals surface area (Å²) < 4.78 is 5.43. The zero-order chi connectivity index (χ0) is 17.0. The monoisotopic (exact) mass is 312 g/mol. The summed E-state index contributed by atoms with van der Waals surface area (Å²) in [5.74, 6) is 0.354. The van der Waals surface area contributed by atoms with Crippen molar-refractivity contribution in [3.05, 3.63) is 0 Å². The van der Waals surface area contributed by atoms with Gasteiger partial charge in [0.1, 0.15) is 11.4 Å². The number of piperidine rings is 1. The Balaban J connectivity index is 0.00000116. The van der Waals surface area contributed by atoms with Crippen LogP contribution >= 0.6 is 0 Å². The van der Waals surface area contributed by atoms with E-state index in [9.17, 15) is 9.59 Å². The van der Waals surface area contributed by atoms with E-state index in [1.165, 1.54) is 0 Å². The van der Waals surface area contributed by atoms with Gasteiger partial charge in [0.05, 0.1) is 0 Å². The second-order valence-corrected chi connectivity index (χ2v) is 7.17. The van der Waals surface area contributed by atoms with E-state index in [1.807, 2.05) is 34.6 Å². The van der Waals surface area contributed by atoms with Crippen LogP contribution in [0.2, 0.25) is 0 Å². The molecule has 2 heterocycles. The van der Waals surface area contributed by atoms with Crippen LogP contribution < -0.4 is 0 Å². The molecule has 1 unspecified atom stereocenters. The van der Waals surface area contributed by atoms with Crippen molar-refractivity contribution >= 4 is 11.9 Å². The smallest absolute Gasteiger partial charge is 0.410 e. The zero-order valence-corrected chi connectivity index (χ0v) is 15.1. The van der Waals surface area contributed by atoms with E-state index in [2.05, 4.69) is 11.8 Å². The highest BCUT2D eigenvalue weighted by Crippen LogP contribution is 2.30. The van der Waals surface area contributed by atoms with Gasteiger partial charge in [-0.3, -0.25) is 9.69 Å². The number of ether oxygens (including phenoxy) is 1. The predicted octanol–water partition coefficient (Wildman–Crippen LogP) is 3.08. The molecule has 1 atom stereocenters. The highest BCUT2D eigenvalue weighted by Gasteiger charge is 2.42. The zero-order valence-electron chi connectivity index (χ0n) is 15.1. The van der Waals surface area contributed by atoms with Gasteiger partial charge in [0.2, 0.25) is 0 Å². The summed E-state index contributed by atoms with van der Waals surface area (Å²) in [5.41, 5.74) is -0.467. The lowest BCUT2D eigenvalue weighted by atomic mass is 9.95. The minimum atomic E-state index is -0.451. The van der Waals surface area contributed by atoms with Gasteiger partial charge in [-0.1, -0.05) is 13.8 Å². The Kier molecular flexibility index (Phi) is 6.41. The van der Waals surface area contributed by atoms with Crippen molar-refractivity contribution in [1.82, 2.24) is 9.80 Å². The normalized spacial score (nSPS) is 26.5. The van der Waals surface area contributed by atoms with Gasteiger partial charge in [-0.05, 0) is 34.1 Å². The van der Waals surface area contributed by atoms with Crippen molar-refractivity contribution in [3.63, 3.8) is 0 Å². The van der Waals surface area contributed by atoms with Crippen LogP contribution in [0.4, 0.5) is 4.79 Å².